The fraction of sp³-hybridized carbons (Fsp3) is 0.0312. The Balaban J connectivity index is 1.39. The summed E-state index contributed by atoms with van der Waals surface area (Å²) in [4.78, 5) is 24.5. The van der Waals surface area contributed by atoms with Gasteiger partial charge in [0.2, 0.25) is 0 Å². The smallest absolute Gasteiger partial charge is 0.323 e. The second kappa shape index (κ2) is 11.7. The van der Waals surface area contributed by atoms with E-state index in [0.717, 1.165) is 48.5 Å². The van der Waals surface area contributed by atoms with E-state index in [4.69, 9.17) is 27.9 Å². The molecule has 0 radical (unpaired) electrons. The molecule has 0 aliphatic rings. The quantitative estimate of drug-likeness (QED) is 0.200. The Kier molecular flexibility index (Phi) is 7.65. The van der Waals surface area contributed by atoms with Gasteiger partial charge >= 0.3 is 6.03 Å². The molecule has 2 aromatic heterocycles. The van der Waals surface area contributed by atoms with Crippen LogP contribution in [0.3, 0.4) is 0 Å². The van der Waals surface area contributed by atoms with Gasteiger partial charge in [-0.25, -0.2) is 4.79 Å². The number of carbonyl (C=O) groups is 1. The van der Waals surface area contributed by atoms with E-state index in [2.05, 4.69) is 20.6 Å². The number of methoxy groups -OCH3 is 1. The highest BCUT2D eigenvalue weighted by Crippen LogP contribution is 2.41. The number of benzene rings is 4. The van der Waals surface area contributed by atoms with Crippen molar-refractivity contribution in [1.29, 1.82) is 0 Å². The summed E-state index contributed by atoms with van der Waals surface area (Å²) in [5.74, 6) is 0.773. The maximum Gasteiger partial charge on any atom is 0.323 e. The normalized spacial score (nSPS) is 11.0. The molecule has 0 aliphatic heterocycles. The van der Waals surface area contributed by atoms with E-state index >= 15 is 0 Å². The zero-order chi connectivity index (χ0) is 28.3. The summed E-state index contributed by atoms with van der Waals surface area (Å²) in [5.41, 5.74) is 4.11. The number of aromatic nitrogens is 2. The summed E-state index contributed by atoms with van der Waals surface area (Å²) in [7, 11) is 1.63. The van der Waals surface area contributed by atoms with Crippen molar-refractivity contribution in [3.05, 3.63) is 113 Å². The zero-order valence-electron chi connectivity index (χ0n) is 21.7. The number of hydrogen-bond acceptors (Lipinski definition) is 5. The maximum atomic E-state index is 13.6. The third kappa shape index (κ3) is 5.65. The van der Waals surface area contributed by atoms with Gasteiger partial charge in [0.25, 0.3) is 0 Å². The summed E-state index contributed by atoms with van der Waals surface area (Å²) in [6.45, 7) is 0. The number of urea groups is 1. The molecule has 41 heavy (non-hydrogen) atoms. The molecular formula is C32H22Cl2N4O2S. The topological polar surface area (TPSA) is 76.1 Å². The molecule has 0 bridgehead atoms. The van der Waals surface area contributed by atoms with Gasteiger partial charge in [-0.3, -0.25) is 9.97 Å². The Labute approximate surface area is 250 Å². The van der Waals surface area contributed by atoms with E-state index in [1.165, 1.54) is 11.8 Å². The molecule has 0 spiro atoms. The van der Waals surface area contributed by atoms with Gasteiger partial charge < -0.3 is 15.4 Å². The first-order valence-corrected chi connectivity index (χ1v) is 14.2. The van der Waals surface area contributed by atoms with E-state index in [1.807, 2.05) is 84.9 Å². The first kappa shape index (κ1) is 26.9. The number of rotatable bonds is 6. The molecule has 0 fully saturated rings. The highest BCUT2D eigenvalue weighted by Gasteiger charge is 2.18. The fourth-order valence-electron chi connectivity index (χ4n) is 4.60. The largest absolute Gasteiger partial charge is 0.497 e. The SMILES string of the molecule is COc1ccc(Sc2ccc3ncccc3c2NC(=O)Nc2cnc3ccc(Cl)cc3c2-c2ccccc2Cl)cc1. The first-order valence-electron chi connectivity index (χ1n) is 12.6. The Morgan fingerprint density at radius 3 is 2.41 bits per heavy atom. The van der Waals surface area contributed by atoms with Crippen LogP contribution in [0.25, 0.3) is 32.9 Å². The molecule has 0 aliphatic carbocycles. The summed E-state index contributed by atoms with van der Waals surface area (Å²) in [6.07, 6.45) is 3.36. The highest BCUT2D eigenvalue weighted by atomic mass is 35.5. The third-order valence-electron chi connectivity index (χ3n) is 6.49. The molecule has 2 N–H and O–H groups in total. The van der Waals surface area contributed by atoms with Gasteiger partial charge in [0.15, 0.2) is 0 Å². The van der Waals surface area contributed by atoms with Gasteiger partial charge in [0, 0.05) is 47.9 Å². The predicted molar refractivity (Wildman–Crippen MR) is 169 cm³/mol. The maximum absolute atomic E-state index is 13.6. The first-order chi connectivity index (χ1) is 20.0. The lowest BCUT2D eigenvalue weighted by atomic mass is 9.99. The molecule has 0 atom stereocenters. The lowest BCUT2D eigenvalue weighted by Gasteiger charge is -2.17. The standard InChI is InChI=1S/C32H22Cl2N4O2S/c1-40-20-9-11-21(12-10-20)41-29-15-14-26-23(6-4-16-35-26)31(29)38-32(39)37-28-18-36-27-13-8-19(33)17-24(27)30(28)22-5-2-3-7-25(22)34/h2-18H,1H3,(H2,37,38,39). The van der Waals surface area contributed by atoms with Crippen molar-refractivity contribution >= 4 is 74.2 Å². The van der Waals surface area contributed by atoms with Crippen LogP contribution in [-0.4, -0.2) is 23.1 Å². The lowest BCUT2D eigenvalue weighted by Crippen LogP contribution is -2.20. The minimum atomic E-state index is -0.436. The van der Waals surface area contributed by atoms with Crippen molar-refractivity contribution in [3.63, 3.8) is 0 Å². The van der Waals surface area contributed by atoms with Crippen LogP contribution in [0.2, 0.25) is 10.0 Å². The molecule has 6 rings (SSSR count). The average Bonchev–Trinajstić information content (AvgIpc) is 2.99. The molecule has 0 saturated heterocycles. The summed E-state index contributed by atoms with van der Waals surface area (Å²) < 4.78 is 5.29. The van der Waals surface area contributed by atoms with Gasteiger partial charge in [-0.2, -0.15) is 0 Å². The Morgan fingerprint density at radius 1 is 0.829 bits per heavy atom. The van der Waals surface area contributed by atoms with E-state index in [-0.39, 0.29) is 0 Å². The van der Waals surface area contributed by atoms with Crippen molar-refractivity contribution in [1.82, 2.24) is 9.97 Å². The van der Waals surface area contributed by atoms with Crippen molar-refractivity contribution in [2.75, 3.05) is 17.7 Å². The third-order valence-corrected chi connectivity index (χ3v) is 8.13. The Bertz CT molecular complexity index is 1920. The molecule has 4 aromatic carbocycles. The fourth-order valence-corrected chi connectivity index (χ4v) is 5.93. The monoisotopic (exact) mass is 596 g/mol. The molecule has 6 nitrogen and oxygen atoms in total. The highest BCUT2D eigenvalue weighted by molar-refractivity contribution is 7.99. The van der Waals surface area contributed by atoms with Crippen LogP contribution >= 0.6 is 35.0 Å². The minimum Gasteiger partial charge on any atom is -0.497 e. The van der Waals surface area contributed by atoms with Crippen molar-refractivity contribution in [2.24, 2.45) is 0 Å². The number of halogens is 2. The van der Waals surface area contributed by atoms with Gasteiger partial charge in [0.05, 0.1) is 35.7 Å². The van der Waals surface area contributed by atoms with Crippen LogP contribution < -0.4 is 15.4 Å². The van der Waals surface area contributed by atoms with Gasteiger partial charge in [0.1, 0.15) is 5.75 Å². The number of nitrogens with zero attached hydrogens (tertiary/aromatic N) is 2. The Morgan fingerprint density at radius 2 is 1.61 bits per heavy atom. The van der Waals surface area contributed by atoms with E-state index < -0.39 is 6.03 Å². The van der Waals surface area contributed by atoms with Crippen molar-refractivity contribution in [3.8, 4) is 16.9 Å². The van der Waals surface area contributed by atoms with Gasteiger partial charge in [-0.1, -0.05) is 53.2 Å². The molecule has 2 heterocycles. The minimum absolute atomic E-state index is 0.436. The summed E-state index contributed by atoms with van der Waals surface area (Å²) >= 11 is 14.5. The van der Waals surface area contributed by atoms with E-state index in [1.54, 1.807) is 25.6 Å². The molecule has 9 heteroatoms. The predicted octanol–water partition coefficient (Wildman–Crippen LogP) is 9.56. The van der Waals surface area contributed by atoms with Crippen LogP contribution in [0.15, 0.2) is 113 Å². The molecule has 2 amide bonds. The number of fused-ring (bicyclic) bond motifs is 2. The van der Waals surface area contributed by atoms with Crippen LogP contribution in [-0.2, 0) is 0 Å². The van der Waals surface area contributed by atoms with Crippen LogP contribution in [0.1, 0.15) is 0 Å². The van der Waals surface area contributed by atoms with Crippen molar-refractivity contribution in [2.45, 2.75) is 9.79 Å². The van der Waals surface area contributed by atoms with Crippen LogP contribution in [0.5, 0.6) is 5.75 Å². The lowest BCUT2D eigenvalue weighted by molar-refractivity contribution is 0.262. The van der Waals surface area contributed by atoms with Crippen LogP contribution in [0, 0.1) is 0 Å². The Hall–Kier alpha value is -4.30. The second-order valence-electron chi connectivity index (χ2n) is 9.05. The number of amides is 2. The van der Waals surface area contributed by atoms with Gasteiger partial charge in [-0.15, -0.1) is 0 Å². The van der Waals surface area contributed by atoms with E-state index in [0.29, 0.717) is 21.4 Å². The number of pyridine rings is 2. The van der Waals surface area contributed by atoms with Crippen molar-refractivity contribution < 1.29 is 9.53 Å². The summed E-state index contributed by atoms with van der Waals surface area (Å²) in [6, 6.07) is 27.9. The molecular weight excluding hydrogens is 575 g/mol. The number of anilines is 2. The average molecular weight is 598 g/mol. The number of hydrogen-bond donors (Lipinski definition) is 2. The van der Waals surface area contributed by atoms with Gasteiger partial charge in [-0.05, 0) is 72.8 Å². The number of carbonyl (C=O) groups excluding carboxylic acids is 1. The number of nitrogens with one attached hydrogen (secondary N) is 2. The van der Waals surface area contributed by atoms with E-state index in [9.17, 15) is 4.79 Å². The second-order valence-corrected chi connectivity index (χ2v) is 11.0. The molecule has 0 saturated carbocycles. The molecule has 6 aromatic rings. The molecule has 0 unspecified atom stereocenters. The summed E-state index contributed by atoms with van der Waals surface area (Å²) in [5, 5.41) is 8.77. The zero-order valence-corrected chi connectivity index (χ0v) is 24.0. The van der Waals surface area contributed by atoms with Crippen LogP contribution in [0.4, 0.5) is 16.2 Å². The molecule has 202 valence electrons. The number of ether oxygens (including phenoxy) is 1.